The highest BCUT2D eigenvalue weighted by molar-refractivity contribution is 5.99. The second kappa shape index (κ2) is 6.02. The molecular weight excluding hydrogens is 242 g/mol. The van der Waals surface area contributed by atoms with Crippen molar-refractivity contribution in [3.8, 4) is 0 Å². The summed E-state index contributed by atoms with van der Waals surface area (Å²) >= 11 is 0. The fourth-order valence-electron chi connectivity index (χ4n) is 2.40. The van der Waals surface area contributed by atoms with Crippen molar-refractivity contribution in [1.29, 1.82) is 0 Å². The highest BCUT2D eigenvalue weighted by Crippen LogP contribution is 2.21. The number of amides is 1. The number of hydrogen-bond acceptors (Lipinski definition) is 4. The van der Waals surface area contributed by atoms with Gasteiger partial charge in [-0.15, -0.1) is 0 Å². The Morgan fingerprint density at radius 3 is 3.11 bits per heavy atom. The molecule has 2 rings (SSSR count). The van der Waals surface area contributed by atoms with E-state index < -0.39 is 0 Å². The second-order valence-corrected chi connectivity index (χ2v) is 5.04. The molecule has 1 saturated heterocycles. The average molecular weight is 263 g/mol. The number of hydrogen-bond donors (Lipinski definition) is 2. The topological polar surface area (TPSA) is 65.5 Å². The molecule has 1 aromatic heterocycles. The lowest BCUT2D eigenvalue weighted by atomic mass is 9.96. The van der Waals surface area contributed by atoms with Crippen LogP contribution in [0.25, 0.3) is 0 Å². The highest BCUT2D eigenvalue weighted by atomic mass is 16.3. The van der Waals surface area contributed by atoms with Crippen molar-refractivity contribution < 1.29 is 9.90 Å². The van der Waals surface area contributed by atoms with Gasteiger partial charge in [0, 0.05) is 25.8 Å². The molecule has 19 heavy (non-hydrogen) atoms. The predicted molar refractivity (Wildman–Crippen MR) is 74.1 cm³/mol. The van der Waals surface area contributed by atoms with E-state index in [1.807, 2.05) is 18.7 Å². The van der Waals surface area contributed by atoms with Gasteiger partial charge in [0.05, 0.1) is 23.6 Å². The smallest absolute Gasteiger partial charge is 0.256 e. The summed E-state index contributed by atoms with van der Waals surface area (Å²) in [5, 5.41) is 12.9. The molecule has 1 aliphatic heterocycles. The Balaban J connectivity index is 2.15. The van der Waals surface area contributed by atoms with Gasteiger partial charge in [-0.25, -0.2) is 0 Å². The lowest BCUT2D eigenvalue weighted by Crippen LogP contribution is -2.45. The Bertz CT molecular complexity index is 450. The molecule has 1 aliphatic rings. The van der Waals surface area contributed by atoms with E-state index in [1.165, 1.54) is 0 Å². The lowest BCUT2D eigenvalue weighted by molar-refractivity contribution is 0.0298. The van der Waals surface area contributed by atoms with E-state index in [1.54, 1.807) is 18.5 Å². The van der Waals surface area contributed by atoms with Gasteiger partial charge in [0.1, 0.15) is 0 Å². The molecule has 5 nitrogen and oxygen atoms in total. The first-order valence-corrected chi connectivity index (χ1v) is 6.78. The minimum Gasteiger partial charge on any atom is -0.393 e. The van der Waals surface area contributed by atoms with Crippen LogP contribution in [0.3, 0.4) is 0 Å². The number of aromatic nitrogens is 1. The van der Waals surface area contributed by atoms with Crippen LogP contribution in [0.4, 0.5) is 5.69 Å². The largest absolute Gasteiger partial charge is 0.393 e. The molecular formula is C14H21N3O2. The Morgan fingerprint density at radius 1 is 1.63 bits per heavy atom. The summed E-state index contributed by atoms with van der Waals surface area (Å²) in [5.74, 6) is 0.138. The number of carbonyl (C=O) groups excluding carboxylic acids is 1. The van der Waals surface area contributed by atoms with Crippen molar-refractivity contribution in [2.75, 3.05) is 25.0 Å². The van der Waals surface area contributed by atoms with Crippen molar-refractivity contribution in [3.05, 3.63) is 24.0 Å². The van der Waals surface area contributed by atoms with Gasteiger partial charge in [-0.2, -0.15) is 0 Å². The SMILES string of the molecule is CCNc1cnccc1C(=O)N1CCC(O)C(C)C1. The van der Waals surface area contributed by atoms with Crippen LogP contribution in [0, 0.1) is 5.92 Å². The molecule has 1 fully saturated rings. The summed E-state index contributed by atoms with van der Waals surface area (Å²) in [6.07, 6.45) is 3.67. The molecule has 0 spiro atoms. The van der Waals surface area contributed by atoms with Gasteiger partial charge in [0.25, 0.3) is 5.91 Å². The summed E-state index contributed by atoms with van der Waals surface area (Å²) in [7, 11) is 0. The van der Waals surface area contributed by atoms with Gasteiger partial charge in [0.15, 0.2) is 0 Å². The third-order valence-electron chi connectivity index (χ3n) is 3.57. The zero-order valence-electron chi connectivity index (χ0n) is 11.5. The van der Waals surface area contributed by atoms with E-state index in [2.05, 4.69) is 10.3 Å². The molecule has 5 heteroatoms. The van der Waals surface area contributed by atoms with Crippen LogP contribution in [-0.2, 0) is 0 Å². The molecule has 104 valence electrons. The number of aliphatic hydroxyl groups excluding tert-OH is 1. The first-order chi connectivity index (χ1) is 9.13. The molecule has 0 aliphatic carbocycles. The minimum absolute atomic E-state index is 0.0112. The Hall–Kier alpha value is -1.62. The molecule has 1 aromatic rings. The molecule has 2 N–H and O–H groups in total. The van der Waals surface area contributed by atoms with Crippen LogP contribution in [0.1, 0.15) is 30.6 Å². The van der Waals surface area contributed by atoms with Crippen molar-refractivity contribution in [3.63, 3.8) is 0 Å². The van der Waals surface area contributed by atoms with E-state index in [4.69, 9.17) is 0 Å². The average Bonchev–Trinajstić information content (AvgIpc) is 2.42. The molecule has 2 heterocycles. The van der Waals surface area contributed by atoms with E-state index in [9.17, 15) is 9.90 Å². The van der Waals surface area contributed by atoms with Crippen LogP contribution in [0.15, 0.2) is 18.5 Å². The Labute approximate surface area is 113 Å². The number of rotatable bonds is 3. The van der Waals surface area contributed by atoms with E-state index in [-0.39, 0.29) is 17.9 Å². The van der Waals surface area contributed by atoms with E-state index in [0.29, 0.717) is 25.1 Å². The first-order valence-electron chi connectivity index (χ1n) is 6.78. The highest BCUT2D eigenvalue weighted by Gasteiger charge is 2.28. The zero-order chi connectivity index (χ0) is 13.8. The number of nitrogens with one attached hydrogen (secondary N) is 1. The number of likely N-dealkylation sites (tertiary alicyclic amines) is 1. The van der Waals surface area contributed by atoms with Gasteiger partial charge < -0.3 is 15.3 Å². The molecule has 0 saturated carbocycles. The fourth-order valence-corrected chi connectivity index (χ4v) is 2.40. The maximum Gasteiger partial charge on any atom is 0.256 e. The van der Waals surface area contributed by atoms with Crippen molar-refractivity contribution in [2.45, 2.75) is 26.4 Å². The van der Waals surface area contributed by atoms with Crippen LogP contribution >= 0.6 is 0 Å². The number of aliphatic hydroxyl groups is 1. The maximum absolute atomic E-state index is 12.5. The Kier molecular flexibility index (Phi) is 4.37. The van der Waals surface area contributed by atoms with Gasteiger partial charge in [-0.1, -0.05) is 6.92 Å². The third kappa shape index (κ3) is 3.04. The third-order valence-corrected chi connectivity index (χ3v) is 3.57. The van der Waals surface area contributed by atoms with Crippen LogP contribution in [0.5, 0.6) is 0 Å². The van der Waals surface area contributed by atoms with Crippen molar-refractivity contribution >= 4 is 11.6 Å². The molecule has 2 unspecified atom stereocenters. The standard InChI is InChI=1S/C14H21N3O2/c1-3-16-12-8-15-6-4-11(12)14(19)17-7-5-13(18)10(2)9-17/h4,6,8,10,13,16,18H,3,5,7,9H2,1-2H3. The van der Waals surface area contributed by atoms with Crippen LogP contribution < -0.4 is 5.32 Å². The molecule has 2 atom stereocenters. The number of carbonyl (C=O) groups is 1. The summed E-state index contributed by atoms with van der Waals surface area (Å²) < 4.78 is 0. The molecule has 0 radical (unpaired) electrons. The monoisotopic (exact) mass is 263 g/mol. The summed E-state index contributed by atoms with van der Waals surface area (Å²) in [6.45, 7) is 5.93. The number of piperidine rings is 1. The number of nitrogens with zero attached hydrogens (tertiary/aromatic N) is 2. The van der Waals surface area contributed by atoms with Gasteiger partial charge in [0.2, 0.25) is 0 Å². The molecule has 0 bridgehead atoms. The normalized spacial score (nSPS) is 23.2. The fraction of sp³-hybridized carbons (Fsp3) is 0.571. The quantitative estimate of drug-likeness (QED) is 0.864. The van der Waals surface area contributed by atoms with E-state index >= 15 is 0 Å². The second-order valence-electron chi connectivity index (χ2n) is 5.04. The summed E-state index contributed by atoms with van der Waals surface area (Å²) in [6, 6.07) is 1.75. The molecule has 1 amide bonds. The van der Waals surface area contributed by atoms with Gasteiger partial charge in [-0.05, 0) is 25.3 Å². The van der Waals surface area contributed by atoms with Gasteiger partial charge >= 0.3 is 0 Å². The summed E-state index contributed by atoms with van der Waals surface area (Å²) in [4.78, 5) is 18.4. The van der Waals surface area contributed by atoms with Crippen LogP contribution in [-0.4, -0.2) is 46.6 Å². The maximum atomic E-state index is 12.5. The Morgan fingerprint density at radius 2 is 2.42 bits per heavy atom. The van der Waals surface area contributed by atoms with Crippen molar-refractivity contribution in [1.82, 2.24) is 9.88 Å². The first kappa shape index (κ1) is 13.8. The minimum atomic E-state index is -0.297. The number of anilines is 1. The van der Waals surface area contributed by atoms with Crippen molar-refractivity contribution in [2.24, 2.45) is 5.92 Å². The zero-order valence-corrected chi connectivity index (χ0v) is 11.5. The summed E-state index contributed by atoms with van der Waals surface area (Å²) in [5.41, 5.74) is 1.43. The van der Waals surface area contributed by atoms with Crippen LogP contribution in [0.2, 0.25) is 0 Å². The predicted octanol–water partition coefficient (Wildman–Crippen LogP) is 1.36. The number of pyridine rings is 1. The van der Waals surface area contributed by atoms with Gasteiger partial charge in [-0.3, -0.25) is 9.78 Å². The lowest BCUT2D eigenvalue weighted by Gasteiger charge is -2.34. The van der Waals surface area contributed by atoms with E-state index in [0.717, 1.165) is 12.2 Å². The molecule has 0 aromatic carbocycles.